The smallest absolute Gasteiger partial charge is 0.242 e. The maximum atomic E-state index is 13.2. The maximum Gasteiger partial charge on any atom is 0.242 e. The second kappa shape index (κ2) is 9.71. The van der Waals surface area contributed by atoms with Crippen molar-refractivity contribution in [2.75, 3.05) is 13.1 Å². The molecule has 0 bridgehead atoms. The molecule has 144 valence electrons. The number of nitrogens with zero attached hydrogens (tertiary/aromatic N) is 2. The van der Waals surface area contributed by atoms with Crippen LogP contribution in [0.5, 0.6) is 0 Å². The van der Waals surface area contributed by atoms with Crippen molar-refractivity contribution in [3.8, 4) is 0 Å². The summed E-state index contributed by atoms with van der Waals surface area (Å²) in [6, 6.07) is 9.65. The van der Waals surface area contributed by atoms with E-state index in [-0.39, 0.29) is 30.7 Å². The molecule has 6 heteroatoms. The van der Waals surface area contributed by atoms with Gasteiger partial charge in [-0.2, -0.15) is 0 Å². The van der Waals surface area contributed by atoms with Crippen LogP contribution in [0.3, 0.4) is 0 Å². The van der Waals surface area contributed by atoms with Gasteiger partial charge in [0.1, 0.15) is 23.9 Å². The van der Waals surface area contributed by atoms with Crippen molar-refractivity contribution in [1.29, 1.82) is 0 Å². The number of hydrogen-bond donors (Lipinski definition) is 0. The van der Waals surface area contributed by atoms with E-state index >= 15 is 0 Å². The fourth-order valence-corrected chi connectivity index (χ4v) is 2.70. The van der Waals surface area contributed by atoms with Crippen molar-refractivity contribution in [1.82, 2.24) is 9.80 Å². The highest BCUT2D eigenvalue weighted by Gasteiger charge is 2.21. The maximum absolute atomic E-state index is 13.2. The van der Waals surface area contributed by atoms with E-state index in [1.807, 2.05) is 19.1 Å². The Morgan fingerprint density at radius 1 is 1.07 bits per heavy atom. The van der Waals surface area contributed by atoms with E-state index in [1.54, 1.807) is 30.0 Å². The Labute approximate surface area is 159 Å². The minimum atomic E-state index is -0.330. The highest BCUT2D eigenvalue weighted by Crippen LogP contribution is 2.14. The molecule has 0 spiro atoms. The molecule has 1 heterocycles. The Morgan fingerprint density at radius 2 is 1.78 bits per heavy atom. The van der Waals surface area contributed by atoms with Crippen LogP contribution in [0.2, 0.25) is 0 Å². The van der Waals surface area contributed by atoms with Gasteiger partial charge >= 0.3 is 0 Å². The van der Waals surface area contributed by atoms with E-state index < -0.39 is 0 Å². The molecular formula is C21H25FN2O3. The van der Waals surface area contributed by atoms with Crippen LogP contribution < -0.4 is 0 Å². The van der Waals surface area contributed by atoms with Crippen LogP contribution in [0.1, 0.15) is 30.4 Å². The van der Waals surface area contributed by atoms with Gasteiger partial charge in [-0.25, -0.2) is 4.39 Å². The molecule has 0 aliphatic rings. The first kappa shape index (κ1) is 20.4. The summed E-state index contributed by atoms with van der Waals surface area (Å²) in [5, 5.41) is 0. The van der Waals surface area contributed by atoms with E-state index in [0.717, 1.165) is 11.3 Å². The SMILES string of the molecule is C=CCN(CC(=O)N(Cc1ccc(F)cc1)Cc1ccc(C)o1)C(=O)CC. The van der Waals surface area contributed by atoms with Crippen molar-refractivity contribution >= 4 is 11.8 Å². The minimum absolute atomic E-state index is 0.0421. The quantitative estimate of drug-likeness (QED) is 0.631. The summed E-state index contributed by atoms with van der Waals surface area (Å²) in [4.78, 5) is 28.1. The van der Waals surface area contributed by atoms with Gasteiger partial charge in [-0.05, 0) is 36.8 Å². The minimum Gasteiger partial charge on any atom is -0.464 e. The summed E-state index contributed by atoms with van der Waals surface area (Å²) in [5.74, 6) is 0.758. The topological polar surface area (TPSA) is 53.8 Å². The fourth-order valence-electron chi connectivity index (χ4n) is 2.70. The second-order valence-corrected chi connectivity index (χ2v) is 6.31. The molecule has 0 aliphatic carbocycles. The number of carbonyl (C=O) groups excluding carboxylic acids is 2. The molecule has 2 rings (SSSR count). The van der Waals surface area contributed by atoms with Crippen LogP contribution in [-0.2, 0) is 22.7 Å². The lowest BCUT2D eigenvalue weighted by Gasteiger charge is -2.26. The first-order chi connectivity index (χ1) is 12.9. The summed E-state index contributed by atoms with van der Waals surface area (Å²) in [6.07, 6.45) is 1.91. The highest BCUT2D eigenvalue weighted by atomic mass is 19.1. The molecule has 5 nitrogen and oxygen atoms in total. The Kier molecular flexibility index (Phi) is 7.34. The summed E-state index contributed by atoms with van der Waals surface area (Å²) < 4.78 is 18.8. The largest absolute Gasteiger partial charge is 0.464 e. The number of benzene rings is 1. The third-order valence-corrected chi connectivity index (χ3v) is 4.11. The van der Waals surface area contributed by atoms with Crippen LogP contribution in [0.4, 0.5) is 4.39 Å². The average Bonchev–Trinajstić information content (AvgIpc) is 3.06. The van der Waals surface area contributed by atoms with Gasteiger partial charge in [-0.15, -0.1) is 6.58 Å². The molecule has 0 saturated heterocycles. The zero-order valence-electron chi connectivity index (χ0n) is 15.8. The Balaban J connectivity index is 2.18. The molecule has 0 aliphatic heterocycles. The van der Waals surface area contributed by atoms with E-state index in [1.165, 1.54) is 17.0 Å². The number of aryl methyl sites for hydroxylation is 1. The van der Waals surface area contributed by atoms with Crippen LogP contribution in [0.25, 0.3) is 0 Å². The monoisotopic (exact) mass is 372 g/mol. The van der Waals surface area contributed by atoms with Crippen molar-refractivity contribution in [2.45, 2.75) is 33.4 Å². The molecule has 0 N–H and O–H groups in total. The summed E-state index contributed by atoms with van der Waals surface area (Å²) >= 11 is 0. The van der Waals surface area contributed by atoms with Gasteiger partial charge in [-0.1, -0.05) is 25.1 Å². The van der Waals surface area contributed by atoms with Crippen LogP contribution in [0.15, 0.2) is 53.5 Å². The third kappa shape index (κ3) is 6.09. The molecule has 0 radical (unpaired) electrons. The Hall–Kier alpha value is -2.89. The predicted octanol–water partition coefficient (Wildman–Crippen LogP) is 3.68. The molecule has 1 aromatic heterocycles. The van der Waals surface area contributed by atoms with Crippen LogP contribution in [-0.4, -0.2) is 34.7 Å². The summed E-state index contributed by atoms with van der Waals surface area (Å²) in [6.45, 7) is 8.06. The van der Waals surface area contributed by atoms with Gasteiger partial charge in [0, 0.05) is 19.5 Å². The first-order valence-corrected chi connectivity index (χ1v) is 8.89. The number of rotatable bonds is 9. The molecule has 0 atom stereocenters. The predicted molar refractivity (Wildman–Crippen MR) is 101 cm³/mol. The summed E-state index contributed by atoms with van der Waals surface area (Å²) in [7, 11) is 0. The van der Waals surface area contributed by atoms with Gasteiger partial charge in [0.05, 0.1) is 6.54 Å². The van der Waals surface area contributed by atoms with Crippen LogP contribution >= 0.6 is 0 Å². The van der Waals surface area contributed by atoms with E-state index in [9.17, 15) is 14.0 Å². The van der Waals surface area contributed by atoms with Gasteiger partial charge < -0.3 is 14.2 Å². The molecule has 2 aromatic rings. The third-order valence-electron chi connectivity index (χ3n) is 4.11. The van der Waals surface area contributed by atoms with Gasteiger partial charge in [0.25, 0.3) is 0 Å². The van der Waals surface area contributed by atoms with Crippen LogP contribution in [0, 0.1) is 12.7 Å². The molecule has 1 aromatic carbocycles. The lowest BCUT2D eigenvalue weighted by molar-refractivity contribution is -0.140. The zero-order chi connectivity index (χ0) is 19.8. The Bertz CT molecular complexity index is 783. The molecular weight excluding hydrogens is 347 g/mol. The number of hydrogen-bond acceptors (Lipinski definition) is 3. The summed E-state index contributed by atoms with van der Waals surface area (Å²) in [5.41, 5.74) is 0.796. The standard InChI is InChI=1S/C21H25FN2O3/c1-4-12-23(20(25)5-2)15-21(26)24(14-19-11-6-16(3)27-19)13-17-7-9-18(22)10-8-17/h4,6-11H,1,5,12-15H2,2-3H3. The highest BCUT2D eigenvalue weighted by molar-refractivity contribution is 5.84. The number of carbonyl (C=O) groups is 2. The molecule has 2 amide bonds. The van der Waals surface area contributed by atoms with Crippen molar-refractivity contribution in [3.63, 3.8) is 0 Å². The number of furan rings is 1. The second-order valence-electron chi connectivity index (χ2n) is 6.31. The fraction of sp³-hybridized carbons (Fsp3) is 0.333. The number of halogens is 1. The van der Waals surface area contributed by atoms with Crippen molar-refractivity contribution in [3.05, 3.63) is 72.0 Å². The first-order valence-electron chi connectivity index (χ1n) is 8.89. The normalized spacial score (nSPS) is 10.5. The van der Waals surface area contributed by atoms with Crippen molar-refractivity contribution in [2.24, 2.45) is 0 Å². The molecule has 0 unspecified atom stereocenters. The zero-order valence-corrected chi connectivity index (χ0v) is 15.8. The molecule has 0 fully saturated rings. The van der Waals surface area contributed by atoms with Crippen molar-refractivity contribution < 1.29 is 18.4 Å². The van der Waals surface area contributed by atoms with E-state index in [2.05, 4.69) is 6.58 Å². The van der Waals surface area contributed by atoms with Gasteiger partial charge in [0.2, 0.25) is 11.8 Å². The average molecular weight is 372 g/mol. The van der Waals surface area contributed by atoms with E-state index in [0.29, 0.717) is 25.3 Å². The molecule has 0 saturated carbocycles. The lowest BCUT2D eigenvalue weighted by Crippen LogP contribution is -2.42. The Morgan fingerprint density at radius 3 is 2.33 bits per heavy atom. The molecule has 27 heavy (non-hydrogen) atoms. The lowest BCUT2D eigenvalue weighted by atomic mass is 10.2. The van der Waals surface area contributed by atoms with E-state index in [4.69, 9.17) is 4.42 Å². The number of amides is 2. The van der Waals surface area contributed by atoms with Gasteiger partial charge in [-0.3, -0.25) is 9.59 Å². The van der Waals surface area contributed by atoms with Gasteiger partial charge in [0.15, 0.2) is 0 Å².